The molecule has 1 aromatic heterocycles. The molecular formula is C26H32N4O5. The van der Waals surface area contributed by atoms with Gasteiger partial charge in [-0.15, -0.1) is 0 Å². The van der Waals surface area contributed by atoms with Gasteiger partial charge < -0.3 is 14.7 Å². The van der Waals surface area contributed by atoms with Crippen LogP contribution in [0.1, 0.15) is 73.6 Å². The molecule has 186 valence electrons. The Morgan fingerprint density at radius 3 is 2.54 bits per heavy atom. The number of nitrogens with zero attached hydrogens (tertiary/aromatic N) is 3. The first-order valence-electron chi connectivity index (χ1n) is 12.3. The zero-order valence-electron chi connectivity index (χ0n) is 20.5. The van der Waals surface area contributed by atoms with Crippen molar-refractivity contribution in [3.63, 3.8) is 0 Å². The maximum absolute atomic E-state index is 13.1. The third-order valence-electron chi connectivity index (χ3n) is 7.38. The summed E-state index contributed by atoms with van der Waals surface area (Å²) in [5.41, 5.74) is 2.43. The molecule has 1 spiro atoms. The molecule has 0 radical (unpaired) electrons. The molecule has 9 heteroatoms. The number of piperidine rings is 1. The molecule has 0 unspecified atom stereocenters. The molecule has 1 aliphatic carbocycles. The number of aromatic carboxylic acids is 1. The number of ether oxygens (including phenoxy) is 1. The van der Waals surface area contributed by atoms with Crippen LogP contribution in [0.3, 0.4) is 0 Å². The predicted octanol–water partition coefficient (Wildman–Crippen LogP) is 3.64. The predicted molar refractivity (Wildman–Crippen MR) is 132 cm³/mol. The second-order valence-electron chi connectivity index (χ2n) is 10.9. The van der Waals surface area contributed by atoms with Crippen LogP contribution < -0.4 is 15.4 Å². The number of carbonyl (C=O) groups excluding carboxylic acids is 1. The number of carbonyl (C=O) groups is 2. The van der Waals surface area contributed by atoms with Crippen molar-refractivity contribution in [1.82, 2.24) is 9.97 Å². The summed E-state index contributed by atoms with van der Waals surface area (Å²) in [6.45, 7) is 7.20. The van der Waals surface area contributed by atoms with Gasteiger partial charge >= 0.3 is 12.1 Å². The van der Waals surface area contributed by atoms with Crippen LogP contribution in [0.25, 0.3) is 0 Å². The summed E-state index contributed by atoms with van der Waals surface area (Å²) in [5, 5.41) is 9.59. The minimum atomic E-state index is -0.994. The summed E-state index contributed by atoms with van der Waals surface area (Å²) < 4.78 is 5.66. The first kappa shape index (κ1) is 23.4. The highest BCUT2D eigenvalue weighted by atomic mass is 16.6. The van der Waals surface area contributed by atoms with E-state index in [1.807, 2.05) is 20.8 Å². The largest absolute Gasteiger partial charge is 0.478 e. The average Bonchev–Trinajstić information content (AvgIpc) is 3.12. The van der Waals surface area contributed by atoms with E-state index in [2.05, 4.69) is 9.88 Å². The number of benzene rings is 1. The van der Waals surface area contributed by atoms with Crippen molar-refractivity contribution < 1.29 is 19.4 Å². The molecule has 3 aliphatic rings. The molecule has 0 bridgehead atoms. The van der Waals surface area contributed by atoms with Crippen molar-refractivity contribution in [3.8, 4) is 0 Å². The molecule has 1 saturated heterocycles. The Hall–Kier alpha value is -3.36. The fourth-order valence-electron chi connectivity index (χ4n) is 5.60. The lowest BCUT2D eigenvalue weighted by Gasteiger charge is -2.40. The van der Waals surface area contributed by atoms with E-state index in [4.69, 9.17) is 9.72 Å². The van der Waals surface area contributed by atoms with E-state index in [0.29, 0.717) is 44.1 Å². The second-order valence-corrected chi connectivity index (χ2v) is 10.9. The lowest BCUT2D eigenvalue weighted by Crippen LogP contribution is -2.47. The van der Waals surface area contributed by atoms with Crippen LogP contribution >= 0.6 is 0 Å². The van der Waals surface area contributed by atoms with Crippen LogP contribution in [0.2, 0.25) is 0 Å². The van der Waals surface area contributed by atoms with Crippen molar-refractivity contribution in [3.05, 3.63) is 50.9 Å². The highest BCUT2D eigenvalue weighted by Gasteiger charge is 2.48. The number of aryl methyl sites for hydroxylation is 1. The summed E-state index contributed by atoms with van der Waals surface area (Å²) in [4.78, 5) is 48.9. The first-order valence-corrected chi connectivity index (χ1v) is 12.3. The summed E-state index contributed by atoms with van der Waals surface area (Å²) in [6.07, 6.45) is 4.66. The van der Waals surface area contributed by atoms with Gasteiger partial charge in [-0.1, -0.05) is 0 Å². The molecular weight excluding hydrogens is 448 g/mol. The van der Waals surface area contributed by atoms with Crippen molar-refractivity contribution >= 4 is 23.7 Å². The maximum atomic E-state index is 13.1. The number of carboxylic acids is 1. The van der Waals surface area contributed by atoms with Gasteiger partial charge in [0, 0.05) is 30.6 Å². The molecule has 0 saturated carbocycles. The van der Waals surface area contributed by atoms with Gasteiger partial charge in [-0.25, -0.2) is 14.6 Å². The van der Waals surface area contributed by atoms with Gasteiger partial charge in [0.05, 0.1) is 16.9 Å². The van der Waals surface area contributed by atoms with E-state index in [9.17, 15) is 19.5 Å². The molecule has 5 rings (SSSR count). The minimum absolute atomic E-state index is 0.0431. The van der Waals surface area contributed by atoms with Gasteiger partial charge in [-0.05, 0) is 83.1 Å². The van der Waals surface area contributed by atoms with Crippen molar-refractivity contribution in [2.75, 3.05) is 29.4 Å². The van der Waals surface area contributed by atoms with Crippen LogP contribution in [0.15, 0.2) is 23.0 Å². The van der Waals surface area contributed by atoms with E-state index >= 15 is 0 Å². The molecule has 1 fully saturated rings. The lowest BCUT2D eigenvalue weighted by molar-refractivity contribution is 0.0575. The fourth-order valence-corrected chi connectivity index (χ4v) is 5.60. The number of rotatable bonds is 2. The van der Waals surface area contributed by atoms with Crippen molar-refractivity contribution in [2.45, 2.75) is 70.3 Å². The Balaban J connectivity index is 1.43. The van der Waals surface area contributed by atoms with Crippen molar-refractivity contribution in [2.24, 2.45) is 0 Å². The summed E-state index contributed by atoms with van der Waals surface area (Å²) >= 11 is 0. The number of aromatic nitrogens is 2. The number of anilines is 2. The van der Waals surface area contributed by atoms with Crippen LogP contribution in [0, 0.1) is 0 Å². The van der Waals surface area contributed by atoms with E-state index < -0.39 is 17.7 Å². The summed E-state index contributed by atoms with van der Waals surface area (Å²) in [7, 11) is 0. The quantitative estimate of drug-likeness (QED) is 0.674. The number of hydrogen-bond donors (Lipinski definition) is 2. The van der Waals surface area contributed by atoms with Crippen molar-refractivity contribution in [1.29, 1.82) is 0 Å². The average molecular weight is 481 g/mol. The van der Waals surface area contributed by atoms with E-state index in [1.165, 1.54) is 6.07 Å². The highest BCUT2D eigenvalue weighted by Crippen LogP contribution is 2.48. The normalized spacial score (nSPS) is 18.8. The van der Waals surface area contributed by atoms with Gasteiger partial charge in [0.1, 0.15) is 5.60 Å². The first-order chi connectivity index (χ1) is 16.6. The Bertz CT molecular complexity index is 1240. The number of nitrogens with one attached hydrogen (secondary N) is 1. The highest BCUT2D eigenvalue weighted by molar-refractivity contribution is 5.94. The minimum Gasteiger partial charge on any atom is -0.478 e. The number of amides is 1. The summed E-state index contributed by atoms with van der Waals surface area (Å²) in [6, 6.07) is 4.96. The maximum Gasteiger partial charge on any atom is 0.414 e. The van der Waals surface area contributed by atoms with E-state index in [-0.39, 0.29) is 16.5 Å². The van der Waals surface area contributed by atoms with Crippen LogP contribution in [0.5, 0.6) is 0 Å². The molecule has 9 nitrogen and oxygen atoms in total. The summed E-state index contributed by atoms with van der Waals surface area (Å²) in [5.74, 6) is -0.390. The smallest absolute Gasteiger partial charge is 0.414 e. The molecule has 3 heterocycles. The number of carboxylic acid groups (broad SMARTS) is 1. The monoisotopic (exact) mass is 480 g/mol. The Morgan fingerprint density at radius 2 is 1.86 bits per heavy atom. The molecule has 1 amide bonds. The molecule has 35 heavy (non-hydrogen) atoms. The lowest BCUT2D eigenvalue weighted by atomic mass is 9.74. The molecule has 1 aromatic carbocycles. The third-order valence-corrected chi connectivity index (χ3v) is 7.38. The van der Waals surface area contributed by atoms with Gasteiger partial charge in [0.15, 0.2) is 0 Å². The Morgan fingerprint density at radius 1 is 1.14 bits per heavy atom. The Kier molecular flexibility index (Phi) is 5.61. The van der Waals surface area contributed by atoms with E-state index in [1.54, 1.807) is 17.0 Å². The zero-order valence-corrected chi connectivity index (χ0v) is 20.5. The fraction of sp³-hybridized carbons (Fsp3) is 0.538. The zero-order chi connectivity index (χ0) is 25.0. The van der Waals surface area contributed by atoms with Crippen LogP contribution in [-0.4, -0.2) is 52.4 Å². The van der Waals surface area contributed by atoms with Crippen LogP contribution in [0.4, 0.5) is 16.4 Å². The topological polar surface area (TPSA) is 116 Å². The second kappa shape index (κ2) is 8.39. The van der Waals surface area contributed by atoms with Gasteiger partial charge in [0.2, 0.25) is 5.95 Å². The molecule has 0 atom stereocenters. The molecule has 2 aliphatic heterocycles. The third kappa shape index (κ3) is 4.28. The molecule has 2 N–H and O–H groups in total. The number of hydrogen-bond acceptors (Lipinski definition) is 6. The number of aromatic amines is 1. The number of fused-ring (bicyclic) bond motifs is 3. The van der Waals surface area contributed by atoms with Gasteiger partial charge in [-0.2, -0.15) is 0 Å². The van der Waals surface area contributed by atoms with Gasteiger partial charge in [-0.3, -0.25) is 14.7 Å². The molecule has 2 aromatic rings. The Labute approximate surface area is 204 Å². The van der Waals surface area contributed by atoms with E-state index in [0.717, 1.165) is 42.5 Å². The standard InChI is InChI=1S/C26H32N4O5/c1-25(2,3)35-24(34)30-15-26(18-14-16(22(32)33)8-9-20(18)30)10-12-29(13-11-26)23-27-19-7-5-4-6-17(19)21(31)28-23/h8-9,14H,4-7,10-13,15H2,1-3H3,(H,32,33)(H,27,28,31). The van der Waals surface area contributed by atoms with Crippen LogP contribution in [-0.2, 0) is 23.0 Å². The SMILES string of the molecule is CC(C)(C)OC(=O)N1CC2(CCN(c3nc4c(c(=O)[nH]3)CCCC4)CC2)c2cc(C(=O)O)ccc21. The number of H-pyrrole nitrogens is 1. The van der Waals surface area contributed by atoms with Gasteiger partial charge in [0.25, 0.3) is 5.56 Å².